The molecular weight excluding hydrogens is 498 g/mol. The Morgan fingerprint density at radius 1 is 1.28 bits per heavy atom. The topological polar surface area (TPSA) is 58.7 Å². The predicted octanol–water partition coefficient (Wildman–Crippen LogP) is 6.95. The summed E-state index contributed by atoms with van der Waals surface area (Å²) >= 11 is 6.11. The number of amides is 1. The molecule has 36 heavy (non-hydrogen) atoms. The molecule has 2 aromatic heterocycles. The van der Waals surface area contributed by atoms with Crippen molar-refractivity contribution >= 4 is 34.4 Å². The van der Waals surface area contributed by atoms with Crippen LogP contribution in [0.15, 0.2) is 80.9 Å². The minimum absolute atomic E-state index is 0.0486. The van der Waals surface area contributed by atoms with Gasteiger partial charge in [0.05, 0.1) is 23.8 Å². The molecule has 0 spiro atoms. The van der Waals surface area contributed by atoms with Crippen LogP contribution in [0.2, 0.25) is 0 Å². The van der Waals surface area contributed by atoms with E-state index in [-0.39, 0.29) is 35.1 Å². The minimum atomic E-state index is -4.74. The third-order valence-corrected chi connectivity index (χ3v) is 5.71. The molecule has 0 fully saturated rings. The SMILES string of the molecule is C\C=C(/C=C(\C(C)=N\C(C(=O)N1CC=C(c2ncccc2F)CC1)=C(/C)Cl)C(F)(F)F)c1ccoc1. The highest BCUT2D eigenvalue weighted by Gasteiger charge is 2.36. The highest BCUT2D eigenvalue weighted by Crippen LogP contribution is 2.32. The molecule has 2 aromatic rings. The van der Waals surface area contributed by atoms with Crippen LogP contribution in [0.1, 0.15) is 38.4 Å². The standard InChI is InChI=1S/C26H24ClF4N3O2/c1-4-18(20-9-13-36-15-20)14-21(26(29,30)31)17(3)33-23(16(2)27)25(35)34-11-7-19(8-12-34)24-22(28)6-5-10-32-24/h4-7,9-10,13-15H,8,11-12H2,1-3H3/b18-4+,21-14+,23-16+,33-17+. The summed E-state index contributed by atoms with van der Waals surface area (Å²) in [6.07, 6.45) is 3.87. The van der Waals surface area contributed by atoms with E-state index in [0.29, 0.717) is 17.6 Å². The van der Waals surface area contributed by atoms with Crippen molar-refractivity contribution in [3.63, 3.8) is 0 Å². The fourth-order valence-corrected chi connectivity index (χ4v) is 3.77. The second-order valence-corrected chi connectivity index (χ2v) is 8.52. The van der Waals surface area contributed by atoms with Crippen LogP contribution in [0.3, 0.4) is 0 Å². The van der Waals surface area contributed by atoms with E-state index in [0.717, 1.165) is 6.08 Å². The zero-order valence-corrected chi connectivity index (χ0v) is 20.6. The van der Waals surface area contributed by atoms with Crippen molar-refractivity contribution in [2.75, 3.05) is 13.1 Å². The summed E-state index contributed by atoms with van der Waals surface area (Å²) in [5.41, 5.74) is -0.141. The van der Waals surface area contributed by atoms with E-state index < -0.39 is 29.2 Å². The van der Waals surface area contributed by atoms with Gasteiger partial charge in [-0.15, -0.1) is 0 Å². The number of aliphatic imine (C=N–C) groups is 1. The van der Waals surface area contributed by atoms with E-state index in [4.69, 9.17) is 16.0 Å². The van der Waals surface area contributed by atoms with Crippen molar-refractivity contribution < 1.29 is 26.8 Å². The van der Waals surface area contributed by atoms with Crippen LogP contribution in [-0.2, 0) is 4.79 Å². The number of allylic oxidation sites excluding steroid dienone is 5. The number of nitrogens with zero attached hydrogens (tertiary/aromatic N) is 3. The Morgan fingerprint density at radius 3 is 2.56 bits per heavy atom. The number of rotatable bonds is 6. The number of carbonyl (C=O) groups is 1. The summed E-state index contributed by atoms with van der Waals surface area (Å²) in [6.45, 7) is 4.48. The van der Waals surface area contributed by atoms with Gasteiger partial charge in [0.25, 0.3) is 5.91 Å². The first-order chi connectivity index (χ1) is 17.0. The number of alkyl halides is 3. The number of pyridine rings is 1. The van der Waals surface area contributed by atoms with Gasteiger partial charge in [-0.2, -0.15) is 13.2 Å². The molecule has 0 unspecified atom stereocenters. The summed E-state index contributed by atoms with van der Waals surface area (Å²) in [7, 11) is 0. The van der Waals surface area contributed by atoms with Crippen molar-refractivity contribution in [2.45, 2.75) is 33.4 Å². The van der Waals surface area contributed by atoms with E-state index in [1.807, 2.05) is 0 Å². The van der Waals surface area contributed by atoms with Crippen LogP contribution in [0.25, 0.3) is 11.1 Å². The molecule has 0 atom stereocenters. The molecule has 0 saturated carbocycles. The third-order valence-electron chi connectivity index (χ3n) is 5.53. The maximum Gasteiger partial charge on any atom is 0.418 e. The molecule has 10 heteroatoms. The first-order valence-electron chi connectivity index (χ1n) is 11.0. The smallest absolute Gasteiger partial charge is 0.418 e. The maximum absolute atomic E-state index is 14.1. The second kappa shape index (κ2) is 11.5. The Kier molecular flexibility index (Phi) is 8.68. The first kappa shape index (κ1) is 27.1. The molecular formula is C26H24ClF4N3O2. The number of carbonyl (C=O) groups excluding carboxylic acids is 1. The van der Waals surface area contributed by atoms with E-state index in [9.17, 15) is 22.4 Å². The van der Waals surface area contributed by atoms with E-state index >= 15 is 0 Å². The lowest BCUT2D eigenvalue weighted by Crippen LogP contribution is -2.36. The molecule has 190 valence electrons. The molecule has 0 N–H and O–H groups in total. The Bertz CT molecular complexity index is 1270. The van der Waals surface area contributed by atoms with Gasteiger partial charge in [-0.3, -0.25) is 9.78 Å². The van der Waals surface area contributed by atoms with Crippen molar-refractivity contribution in [1.82, 2.24) is 9.88 Å². The zero-order valence-electron chi connectivity index (χ0n) is 19.9. The van der Waals surface area contributed by atoms with Gasteiger partial charge in [-0.25, -0.2) is 9.38 Å². The Labute approximate surface area is 211 Å². The number of hydrogen-bond donors (Lipinski definition) is 0. The number of aromatic nitrogens is 1. The lowest BCUT2D eigenvalue weighted by Gasteiger charge is -2.27. The molecule has 0 aliphatic carbocycles. The molecule has 5 nitrogen and oxygen atoms in total. The third kappa shape index (κ3) is 6.40. The summed E-state index contributed by atoms with van der Waals surface area (Å²) in [6, 6.07) is 4.32. The molecule has 0 saturated heterocycles. The van der Waals surface area contributed by atoms with Crippen molar-refractivity contribution in [2.24, 2.45) is 4.99 Å². The maximum atomic E-state index is 14.1. The average molecular weight is 522 g/mol. The van der Waals surface area contributed by atoms with Crippen molar-refractivity contribution in [3.05, 3.63) is 88.5 Å². The molecule has 3 rings (SSSR count). The number of furan rings is 1. The largest absolute Gasteiger partial charge is 0.472 e. The molecule has 0 radical (unpaired) electrons. The van der Waals surface area contributed by atoms with E-state index in [1.54, 1.807) is 19.1 Å². The minimum Gasteiger partial charge on any atom is -0.472 e. The summed E-state index contributed by atoms with van der Waals surface area (Å²) in [4.78, 5) is 22.6. The van der Waals surface area contributed by atoms with Crippen molar-refractivity contribution in [3.8, 4) is 0 Å². The van der Waals surface area contributed by atoms with E-state index in [2.05, 4.69) is 9.98 Å². The van der Waals surface area contributed by atoms with Crippen molar-refractivity contribution in [1.29, 1.82) is 0 Å². The summed E-state index contributed by atoms with van der Waals surface area (Å²) < 4.78 is 60.9. The zero-order chi connectivity index (χ0) is 26.5. The Balaban J connectivity index is 1.90. The predicted molar refractivity (Wildman–Crippen MR) is 132 cm³/mol. The number of halogens is 5. The number of hydrogen-bond acceptors (Lipinski definition) is 4. The molecule has 1 amide bonds. The first-order valence-corrected chi connectivity index (χ1v) is 11.4. The van der Waals surface area contributed by atoms with Crippen LogP contribution < -0.4 is 0 Å². The van der Waals surface area contributed by atoms with Gasteiger partial charge in [-0.1, -0.05) is 23.8 Å². The normalized spacial score (nSPS) is 16.6. The fourth-order valence-electron chi connectivity index (χ4n) is 3.65. The van der Waals surface area contributed by atoms with Gasteiger partial charge in [0.1, 0.15) is 17.2 Å². The van der Waals surface area contributed by atoms with Crippen LogP contribution in [0.5, 0.6) is 0 Å². The molecule has 0 bridgehead atoms. The molecule has 0 aromatic carbocycles. The van der Waals surface area contributed by atoms with Crippen LogP contribution in [0, 0.1) is 5.82 Å². The van der Waals surface area contributed by atoms with Crippen LogP contribution in [0.4, 0.5) is 17.6 Å². The quantitative estimate of drug-likeness (QED) is 0.179. The lowest BCUT2D eigenvalue weighted by atomic mass is 10.0. The molecule has 1 aliphatic rings. The lowest BCUT2D eigenvalue weighted by molar-refractivity contribution is -0.126. The van der Waals surface area contributed by atoms with Gasteiger partial charge in [0.2, 0.25) is 0 Å². The second-order valence-electron chi connectivity index (χ2n) is 7.96. The highest BCUT2D eigenvalue weighted by molar-refractivity contribution is 6.31. The monoisotopic (exact) mass is 521 g/mol. The Hall–Kier alpha value is -3.46. The fraction of sp³-hybridized carbons (Fsp3) is 0.269. The average Bonchev–Trinajstić information content (AvgIpc) is 3.37. The van der Waals surface area contributed by atoms with Gasteiger partial charge >= 0.3 is 6.18 Å². The van der Waals surface area contributed by atoms with Gasteiger partial charge in [-0.05, 0) is 62.6 Å². The highest BCUT2D eigenvalue weighted by atomic mass is 35.5. The molecule has 1 aliphatic heterocycles. The molecule has 3 heterocycles. The van der Waals surface area contributed by atoms with Crippen LogP contribution >= 0.6 is 11.6 Å². The van der Waals surface area contributed by atoms with Gasteiger partial charge < -0.3 is 9.32 Å². The summed E-state index contributed by atoms with van der Waals surface area (Å²) in [5.74, 6) is -1.09. The van der Waals surface area contributed by atoms with Gasteiger partial charge in [0.15, 0.2) is 0 Å². The van der Waals surface area contributed by atoms with Crippen LogP contribution in [-0.4, -0.2) is 40.8 Å². The Morgan fingerprint density at radius 2 is 2.03 bits per heavy atom. The van der Waals surface area contributed by atoms with Gasteiger partial charge in [0, 0.05) is 29.9 Å². The summed E-state index contributed by atoms with van der Waals surface area (Å²) in [5, 5.41) is -0.0486. The van der Waals surface area contributed by atoms with E-state index in [1.165, 1.54) is 55.7 Å².